The van der Waals surface area contributed by atoms with Crippen molar-refractivity contribution < 1.29 is 5.11 Å². The molecule has 0 saturated heterocycles. The molecular weight excluding hydrogens is 250 g/mol. The van der Waals surface area contributed by atoms with E-state index in [0.717, 1.165) is 11.3 Å². The zero-order valence-corrected chi connectivity index (χ0v) is 11.6. The Morgan fingerprint density at radius 3 is 2.85 bits per heavy atom. The van der Waals surface area contributed by atoms with Crippen molar-refractivity contribution in [2.75, 3.05) is 5.73 Å². The van der Waals surface area contributed by atoms with Crippen LogP contribution in [0.3, 0.4) is 0 Å². The Kier molecular flexibility index (Phi) is 3.74. The minimum Gasteiger partial charge on any atom is -0.399 e. The lowest BCUT2D eigenvalue weighted by molar-refractivity contribution is 0.177. The van der Waals surface area contributed by atoms with Gasteiger partial charge in [0.15, 0.2) is 0 Å². The van der Waals surface area contributed by atoms with Gasteiger partial charge in [-0.25, -0.2) is 0 Å². The summed E-state index contributed by atoms with van der Waals surface area (Å²) in [5.74, 6) is 0. The van der Waals surface area contributed by atoms with Crippen LogP contribution in [-0.2, 0) is 6.42 Å². The van der Waals surface area contributed by atoms with Crippen molar-refractivity contribution in [3.63, 3.8) is 0 Å². The van der Waals surface area contributed by atoms with E-state index < -0.39 is 6.10 Å². The Labute approximate surface area is 119 Å². The molecule has 1 aromatic heterocycles. The fraction of sp³-hybridized carbons (Fsp3) is 0.438. The largest absolute Gasteiger partial charge is 0.399 e. The van der Waals surface area contributed by atoms with E-state index in [9.17, 15) is 5.11 Å². The molecular formula is C16H21N3O. The van der Waals surface area contributed by atoms with Gasteiger partial charge in [-0.3, -0.25) is 4.68 Å². The molecule has 1 atom stereocenters. The van der Waals surface area contributed by atoms with Gasteiger partial charge in [0.2, 0.25) is 0 Å². The Morgan fingerprint density at radius 2 is 2.10 bits per heavy atom. The molecule has 1 aromatic carbocycles. The van der Waals surface area contributed by atoms with Gasteiger partial charge in [0.05, 0.1) is 17.8 Å². The van der Waals surface area contributed by atoms with Crippen LogP contribution in [0.2, 0.25) is 0 Å². The third-order valence-electron chi connectivity index (χ3n) is 4.06. The molecule has 20 heavy (non-hydrogen) atoms. The smallest absolute Gasteiger partial charge is 0.0846 e. The molecule has 3 rings (SSSR count). The number of hydrogen-bond donors (Lipinski definition) is 2. The first-order chi connectivity index (χ1) is 9.72. The molecule has 1 aliphatic rings. The lowest BCUT2D eigenvalue weighted by Gasteiger charge is -2.11. The molecule has 0 aliphatic heterocycles. The Hall–Kier alpha value is -1.81. The van der Waals surface area contributed by atoms with Gasteiger partial charge in [0.25, 0.3) is 0 Å². The van der Waals surface area contributed by atoms with Gasteiger partial charge in [-0.2, -0.15) is 5.10 Å². The first-order valence-corrected chi connectivity index (χ1v) is 7.30. The highest BCUT2D eigenvalue weighted by Crippen LogP contribution is 2.29. The van der Waals surface area contributed by atoms with Crippen molar-refractivity contribution in [3.05, 3.63) is 47.8 Å². The SMILES string of the molecule is Nc1cccc(C(O)Cc2ccn(C3CCCC3)n2)c1. The van der Waals surface area contributed by atoms with Crippen LogP contribution in [0.5, 0.6) is 0 Å². The summed E-state index contributed by atoms with van der Waals surface area (Å²) in [6.45, 7) is 0. The summed E-state index contributed by atoms with van der Waals surface area (Å²) in [7, 11) is 0. The minimum atomic E-state index is -0.551. The van der Waals surface area contributed by atoms with Crippen molar-refractivity contribution in [1.82, 2.24) is 9.78 Å². The van der Waals surface area contributed by atoms with Crippen molar-refractivity contribution in [1.29, 1.82) is 0 Å². The van der Waals surface area contributed by atoms with Crippen LogP contribution < -0.4 is 5.73 Å². The van der Waals surface area contributed by atoms with Crippen molar-refractivity contribution in [3.8, 4) is 0 Å². The summed E-state index contributed by atoms with van der Waals surface area (Å²) in [5.41, 5.74) is 8.21. The molecule has 3 N–H and O–H groups in total. The molecule has 1 unspecified atom stereocenters. The molecule has 0 bridgehead atoms. The molecule has 106 valence electrons. The van der Waals surface area contributed by atoms with E-state index in [1.807, 2.05) is 36.5 Å². The number of rotatable bonds is 4. The van der Waals surface area contributed by atoms with E-state index in [2.05, 4.69) is 9.78 Å². The molecule has 1 fully saturated rings. The summed E-state index contributed by atoms with van der Waals surface area (Å²) >= 11 is 0. The van der Waals surface area contributed by atoms with Crippen LogP contribution in [0.15, 0.2) is 36.5 Å². The van der Waals surface area contributed by atoms with Crippen molar-refractivity contribution in [2.24, 2.45) is 0 Å². The second-order valence-corrected chi connectivity index (χ2v) is 5.62. The molecule has 0 radical (unpaired) electrons. The summed E-state index contributed by atoms with van der Waals surface area (Å²) in [4.78, 5) is 0. The highest BCUT2D eigenvalue weighted by molar-refractivity contribution is 5.41. The third kappa shape index (κ3) is 2.85. The van der Waals surface area contributed by atoms with Crippen LogP contribution in [0.1, 0.15) is 49.1 Å². The molecule has 1 saturated carbocycles. The second kappa shape index (κ2) is 5.67. The van der Waals surface area contributed by atoms with Crippen molar-refractivity contribution in [2.45, 2.75) is 44.2 Å². The van der Waals surface area contributed by atoms with Crippen LogP contribution >= 0.6 is 0 Å². The average molecular weight is 271 g/mol. The predicted octanol–water partition coefficient (Wildman–Crippen LogP) is 2.86. The predicted molar refractivity (Wildman–Crippen MR) is 79.3 cm³/mol. The lowest BCUT2D eigenvalue weighted by atomic mass is 10.0. The van der Waals surface area contributed by atoms with E-state index in [1.165, 1.54) is 25.7 Å². The number of benzene rings is 1. The van der Waals surface area contributed by atoms with Crippen LogP contribution in [0, 0.1) is 0 Å². The first-order valence-electron chi connectivity index (χ1n) is 7.30. The van der Waals surface area contributed by atoms with Gasteiger partial charge in [0, 0.05) is 18.3 Å². The number of nitrogens with two attached hydrogens (primary N) is 1. The van der Waals surface area contributed by atoms with Gasteiger partial charge in [-0.1, -0.05) is 25.0 Å². The maximum absolute atomic E-state index is 10.3. The van der Waals surface area contributed by atoms with Gasteiger partial charge in [-0.15, -0.1) is 0 Å². The summed E-state index contributed by atoms with van der Waals surface area (Å²) in [6.07, 6.45) is 7.06. The van der Waals surface area contributed by atoms with Gasteiger partial charge in [0.1, 0.15) is 0 Å². The molecule has 4 nitrogen and oxygen atoms in total. The van der Waals surface area contributed by atoms with E-state index in [0.29, 0.717) is 18.2 Å². The topological polar surface area (TPSA) is 64.1 Å². The minimum absolute atomic E-state index is 0.531. The van der Waals surface area contributed by atoms with E-state index in [-0.39, 0.29) is 0 Å². The first kappa shape index (κ1) is 13.2. The summed E-state index contributed by atoms with van der Waals surface area (Å²) in [6, 6.07) is 9.96. The highest BCUT2D eigenvalue weighted by Gasteiger charge is 2.18. The molecule has 0 amide bonds. The van der Waals surface area contributed by atoms with E-state index in [1.54, 1.807) is 0 Å². The van der Waals surface area contributed by atoms with Gasteiger partial charge < -0.3 is 10.8 Å². The monoisotopic (exact) mass is 271 g/mol. The number of nitrogens with zero attached hydrogens (tertiary/aromatic N) is 2. The fourth-order valence-corrected chi connectivity index (χ4v) is 2.94. The maximum Gasteiger partial charge on any atom is 0.0846 e. The second-order valence-electron chi connectivity index (χ2n) is 5.62. The lowest BCUT2D eigenvalue weighted by Crippen LogP contribution is -2.07. The number of aliphatic hydroxyl groups excluding tert-OH is 1. The van der Waals surface area contributed by atoms with Crippen LogP contribution in [0.4, 0.5) is 5.69 Å². The number of aromatic nitrogens is 2. The quantitative estimate of drug-likeness (QED) is 0.840. The van der Waals surface area contributed by atoms with E-state index >= 15 is 0 Å². The highest BCUT2D eigenvalue weighted by atomic mass is 16.3. The molecule has 0 spiro atoms. The molecule has 4 heteroatoms. The van der Waals surface area contributed by atoms with Crippen molar-refractivity contribution >= 4 is 5.69 Å². The molecule has 1 aliphatic carbocycles. The van der Waals surface area contributed by atoms with E-state index in [4.69, 9.17) is 5.73 Å². The summed E-state index contributed by atoms with van der Waals surface area (Å²) in [5, 5.41) is 14.9. The Morgan fingerprint density at radius 1 is 1.30 bits per heavy atom. The Balaban J connectivity index is 1.68. The van der Waals surface area contributed by atoms with Crippen LogP contribution in [0.25, 0.3) is 0 Å². The number of anilines is 1. The normalized spacial score (nSPS) is 17.4. The summed E-state index contributed by atoms with van der Waals surface area (Å²) < 4.78 is 2.06. The average Bonchev–Trinajstić information content (AvgIpc) is 3.08. The third-order valence-corrected chi connectivity index (χ3v) is 4.06. The fourth-order valence-electron chi connectivity index (χ4n) is 2.94. The number of aliphatic hydroxyl groups is 1. The number of hydrogen-bond acceptors (Lipinski definition) is 3. The molecule has 1 heterocycles. The van der Waals surface area contributed by atoms with Gasteiger partial charge in [-0.05, 0) is 36.6 Å². The zero-order chi connectivity index (χ0) is 13.9. The standard InChI is InChI=1S/C16H21N3O/c17-13-5-3-4-12(10-13)16(20)11-14-8-9-19(18-14)15-6-1-2-7-15/h3-5,8-10,15-16,20H,1-2,6-7,11,17H2. The Bertz CT molecular complexity index is 573. The zero-order valence-electron chi connectivity index (χ0n) is 11.6. The maximum atomic E-state index is 10.3. The molecule has 2 aromatic rings. The van der Waals surface area contributed by atoms with Crippen LogP contribution in [-0.4, -0.2) is 14.9 Å². The van der Waals surface area contributed by atoms with Gasteiger partial charge >= 0.3 is 0 Å². The number of nitrogen functional groups attached to an aromatic ring is 1.